The molecule has 0 bridgehead atoms. The average molecular weight is 1010 g/mol. The molecule has 1 aliphatic heterocycles. The first-order valence-corrected chi connectivity index (χ1v) is 24.6. The molecule has 1 fully saturated rings. The molecule has 0 unspecified atom stereocenters. The molecule has 24 nitrogen and oxygen atoms in total. The fourth-order valence-electron chi connectivity index (χ4n) is 8.45. The Balaban J connectivity index is 1.31. The van der Waals surface area contributed by atoms with E-state index in [9.17, 15) is 38.7 Å². The van der Waals surface area contributed by atoms with Crippen molar-refractivity contribution in [2.75, 3.05) is 58.3 Å². The van der Waals surface area contributed by atoms with Gasteiger partial charge in [0.1, 0.15) is 36.5 Å². The number of phenolic OH excluding ortho intramolecular Hbond substituents is 1. The summed E-state index contributed by atoms with van der Waals surface area (Å²) in [5.41, 5.74) is 19.1. The zero-order valence-corrected chi connectivity index (χ0v) is 42.1. The molecule has 24 heteroatoms. The number of nitrogens with two attached hydrogens (primary N) is 3. The highest BCUT2D eigenvalue weighted by Gasteiger charge is 2.34. The highest BCUT2D eigenvalue weighted by molar-refractivity contribution is 5.95. The van der Waals surface area contributed by atoms with Gasteiger partial charge >= 0.3 is 0 Å². The zero-order valence-electron chi connectivity index (χ0n) is 42.1. The van der Waals surface area contributed by atoms with Crippen LogP contribution in [0.5, 0.6) is 5.75 Å². The van der Waals surface area contributed by atoms with E-state index >= 15 is 0 Å². The number of amides is 6. The first-order valence-electron chi connectivity index (χ1n) is 24.6. The maximum absolute atomic E-state index is 14.3. The average Bonchev–Trinajstić information content (AvgIpc) is 3.91. The predicted molar refractivity (Wildman–Crippen MR) is 275 cm³/mol. The van der Waals surface area contributed by atoms with E-state index in [4.69, 9.17) is 22.6 Å². The molecular weight excluding hydrogens is 941 g/mol. The standard InChI is InChI=1S/C49H72N16O8/c1-5-30(2)42(51)46(71)59-37(9-6-7-17-50)48(73)64-21-19-63(20-22-64)33-13-16-36-35(25-33)47(72)65(29-58-36)27-41(67)62(4)40(10-8-18-56-49(52)53)45(70)61-39(24-32-26-55-28-57-32)44(69)60-38(43(68)54-3)23-31-11-14-34(66)15-12-31/h11-16,25-26,28-30,37-40,42,66H,5-10,17-24,27,50-51H2,1-4H3,(H,54,68)(H,55,57)(H,59,71)(H,60,69)(H,61,70)(H4,52,53,56)/t30-,37-,38-,39-,40-,42-/m0/s1. The number of aromatic amines is 1. The molecule has 6 atom stereocenters. The van der Waals surface area contributed by atoms with Crippen molar-refractivity contribution in [3.8, 4) is 5.75 Å². The van der Waals surface area contributed by atoms with Crippen LogP contribution >= 0.6 is 0 Å². The number of phenols is 1. The van der Waals surface area contributed by atoms with Crippen molar-refractivity contribution in [2.45, 2.75) is 102 Å². The number of benzene rings is 2. The van der Waals surface area contributed by atoms with Crippen LogP contribution in [0.3, 0.4) is 0 Å². The molecule has 2 aromatic carbocycles. The number of piperazine rings is 1. The van der Waals surface area contributed by atoms with Gasteiger partial charge in [0.25, 0.3) is 5.56 Å². The Kier molecular flexibility index (Phi) is 21.1. The number of aromatic hydroxyl groups is 1. The van der Waals surface area contributed by atoms with Gasteiger partial charge in [-0.3, -0.25) is 43.5 Å². The minimum atomic E-state index is -1.27. The second-order valence-electron chi connectivity index (χ2n) is 18.3. The Bertz CT molecular complexity index is 2570. The number of aromatic nitrogens is 4. The summed E-state index contributed by atoms with van der Waals surface area (Å²) in [6, 6.07) is 6.38. The number of nitrogens with one attached hydrogen (secondary N) is 7. The lowest BCUT2D eigenvalue weighted by atomic mass is 9.98. The van der Waals surface area contributed by atoms with Gasteiger partial charge in [-0.15, -0.1) is 0 Å². The number of fused-ring (bicyclic) bond motifs is 1. The van der Waals surface area contributed by atoms with Crippen LogP contribution in [0, 0.1) is 11.3 Å². The van der Waals surface area contributed by atoms with Crippen molar-refractivity contribution in [2.24, 2.45) is 23.1 Å². The van der Waals surface area contributed by atoms with E-state index in [1.165, 1.54) is 43.8 Å². The maximum Gasteiger partial charge on any atom is 0.261 e. The minimum Gasteiger partial charge on any atom is -0.508 e. The summed E-state index contributed by atoms with van der Waals surface area (Å²) in [5.74, 6) is -3.41. The summed E-state index contributed by atoms with van der Waals surface area (Å²) in [5, 5.41) is 31.2. The van der Waals surface area contributed by atoms with E-state index in [1.54, 1.807) is 35.4 Å². The highest BCUT2D eigenvalue weighted by atomic mass is 16.3. The topological polar surface area (TPSA) is 358 Å². The maximum atomic E-state index is 14.3. The number of hydrogen-bond acceptors (Lipinski definition) is 14. The van der Waals surface area contributed by atoms with E-state index in [-0.39, 0.29) is 67.1 Å². The quantitative estimate of drug-likeness (QED) is 0.0199. The van der Waals surface area contributed by atoms with Gasteiger partial charge in [-0.25, -0.2) is 9.97 Å². The van der Waals surface area contributed by atoms with Crippen molar-refractivity contribution >= 4 is 58.0 Å². The number of unbranched alkanes of at least 4 members (excludes halogenated alkanes) is 1. The second kappa shape index (κ2) is 27.3. The molecule has 0 saturated carbocycles. The van der Waals surface area contributed by atoms with E-state index in [0.717, 1.165) is 11.0 Å². The number of carbonyl (C=O) groups excluding carboxylic acids is 6. The molecule has 0 spiro atoms. The van der Waals surface area contributed by atoms with Gasteiger partial charge in [-0.2, -0.15) is 0 Å². The Morgan fingerprint density at radius 2 is 1.56 bits per heavy atom. The van der Waals surface area contributed by atoms with Crippen molar-refractivity contribution in [3.63, 3.8) is 0 Å². The number of rotatable bonds is 26. The number of carbonyl (C=O) groups is 6. The van der Waals surface area contributed by atoms with Gasteiger partial charge in [0.05, 0.1) is 35.3 Å². The highest BCUT2D eigenvalue weighted by Crippen LogP contribution is 2.22. The molecule has 0 aliphatic carbocycles. The zero-order chi connectivity index (χ0) is 53.2. The van der Waals surface area contributed by atoms with Gasteiger partial charge in [-0.05, 0) is 80.5 Å². The summed E-state index contributed by atoms with van der Waals surface area (Å²) in [6.45, 7) is 5.62. The Morgan fingerprint density at radius 1 is 0.877 bits per heavy atom. The lowest BCUT2D eigenvalue weighted by Crippen LogP contribution is -2.58. The van der Waals surface area contributed by atoms with Crippen molar-refractivity contribution < 1.29 is 33.9 Å². The summed E-state index contributed by atoms with van der Waals surface area (Å²) in [4.78, 5) is 113. The smallest absolute Gasteiger partial charge is 0.261 e. The molecule has 73 heavy (non-hydrogen) atoms. The molecular formula is C49H72N16O8. The number of nitrogens with zero attached hydrogens (tertiary/aromatic N) is 6. The van der Waals surface area contributed by atoms with Gasteiger partial charge in [0, 0.05) is 71.5 Å². The van der Waals surface area contributed by atoms with Crippen molar-refractivity contribution in [3.05, 3.63) is 82.9 Å². The van der Waals surface area contributed by atoms with E-state index in [1.807, 2.05) is 24.8 Å². The summed E-state index contributed by atoms with van der Waals surface area (Å²) in [6.07, 6.45) is 7.04. The molecule has 2 aromatic heterocycles. The van der Waals surface area contributed by atoms with E-state index in [2.05, 4.69) is 41.5 Å². The molecule has 1 saturated heterocycles. The van der Waals surface area contributed by atoms with Crippen LogP contribution in [-0.4, -0.2) is 159 Å². The lowest BCUT2D eigenvalue weighted by Gasteiger charge is -2.38. The van der Waals surface area contributed by atoms with Crippen molar-refractivity contribution in [1.82, 2.24) is 55.9 Å². The Labute approximate surface area is 424 Å². The molecule has 6 amide bonds. The van der Waals surface area contributed by atoms with E-state index < -0.39 is 65.9 Å². The van der Waals surface area contributed by atoms with Gasteiger partial charge < -0.3 is 68.6 Å². The third-order valence-electron chi connectivity index (χ3n) is 13.2. The van der Waals surface area contributed by atoms with Crippen LogP contribution in [-0.2, 0) is 48.2 Å². The van der Waals surface area contributed by atoms with Gasteiger partial charge in [0.15, 0.2) is 5.96 Å². The number of imidazole rings is 1. The lowest BCUT2D eigenvalue weighted by molar-refractivity contribution is -0.141. The first kappa shape index (κ1) is 56.3. The van der Waals surface area contributed by atoms with Gasteiger partial charge in [0.2, 0.25) is 35.4 Å². The molecule has 3 heterocycles. The summed E-state index contributed by atoms with van der Waals surface area (Å²) >= 11 is 0. The normalized spacial score (nSPS) is 15.0. The largest absolute Gasteiger partial charge is 0.508 e. The van der Waals surface area contributed by atoms with Crippen LogP contribution < -0.4 is 54.2 Å². The first-order chi connectivity index (χ1) is 34.9. The van der Waals surface area contributed by atoms with Crippen LogP contribution in [0.4, 0.5) is 5.69 Å². The van der Waals surface area contributed by atoms with Gasteiger partial charge in [-0.1, -0.05) is 32.4 Å². The summed E-state index contributed by atoms with van der Waals surface area (Å²) < 4.78 is 1.15. The third-order valence-corrected chi connectivity index (χ3v) is 13.2. The van der Waals surface area contributed by atoms with Crippen molar-refractivity contribution in [1.29, 1.82) is 5.41 Å². The molecule has 4 aromatic rings. The second-order valence-corrected chi connectivity index (χ2v) is 18.3. The fraction of sp³-hybridized carbons (Fsp3) is 0.510. The minimum absolute atomic E-state index is 0.0303. The molecule has 1 aliphatic rings. The molecule has 0 radical (unpaired) electrons. The number of guanidine groups is 1. The van der Waals surface area contributed by atoms with Crippen LogP contribution in [0.2, 0.25) is 0 Å². The number of anilines is 1. The summed E-state index contributed by atoms with van der Waals surface area (Å²) in [7, 11) is 2.83. The van der Waals surface area contributed by atoms with Crippen LogP contribution in [0.25, 0.3) is 10.9 Å². The Morgan fingerprint density at radius 3 is 2.21 bits per heavy atom. The third kappa shape index (κ3) is 15.9. The number of hydrogen-bond donors (Lipinski definition) is 11. The SMILES string of the molecule is CC[C@H](C)[C@H](N)C(=O)N[C@@H](CCCCN)C(=O)N1CCN(c2ccc3ncn(CC(=O)N(C)[C@@H](CCCNC(=N)N)C(=O)N[C@@H](Cc4c[nH]cn4)C(=O)N[C@@H](Cc4ccc(O)cc4)C(=O)NC)c(=O)c3c2)CC1. The molecule has 396 valence electrons. The Hall–Kier alpha value is -7.60. The molecule has 5 rings (SSSR count). The number of likely N-dealkylation sites (N-methyl/N-ethyl adjacent to an activating group) is 2. The fourth-order valence-corrected chi connectivity index (χ4v) is 8.45. The van der Waals surface area contributed by atoms with Crippen LogP contribution in [0.15, 0.2) is 66.1 Å². The van der Waals surface area contributed by atoms with E-state index in [0.29, 0.717) is 74.4 Å². The molecule has 14 N–H and O–H groups in total. The number of H-pyrrole nitrogens is 1. The van der Waals surface area contributed by atoms with Crippen LogP contribution in [0.1, 0.15) is 63.6 Å². The monoisotopic (exact) mass is 1010 g/mol. The predicted octanol–water partition coefficient (Wildman–Crippen LogP) is -1.25.